The number of esters is 1. The summed E-state index contributed by atoms with van der Waals surface area (Å²) < 4.78 is 6.89. The van der Waals surface area contributed by atoms with Crippen LogP contribution >= 0.6 is 0 Å². The molecule has 3 aromatic rings. The molecule has 0 spiro atoms. The monoisotopic (exact) mass is 367 g/mol. The molecule has 1 atom stereocenters. The fraction of sp³-hybridized carbons (Fsp3) is 0.250. The molecule has 2 aromatic carbocycles. The van der Waals surface area contributed by atoms with Crippen LogP contribution in [0, 0.1) is 0 Å². The van der Waals surface area contributed by atoms with Crippen LogP contribution in [0.1, 0.15) is 37.2 Å². The molecule has 0 bridgehead atoms. The third-order valence-corrected chi connectivity index (χ3v) is 4.18. The number of nitrogens with zero attached hydrogens (tertiary/aromatic N) is 2. The number of phenolic OH excluding ortho intramolecular Hbond substituents is 1. The van der Waals surface area contributed by atoms with E-state index in [1.807, 2.05) is 26.0 Å². The highest BCUT2D eigenvalue weighted by atomic mass is 16.5. The minimum Gasteiger partial charge on any atom is -0.506 e. The molecular weight excluding hydrogens is 346 g/mol. The number of aromatic nitrogens is 2. The number of carbonyl (C=O) groups excluding carboxylic acids is 2. The summed E-state index contributed by atoms with van der Waals surface area (Å²) in [4.78, 5) is 24.8. The van der Waals surface area contributed by atoms with Crippen LogP contribution in [0.5, 0.6) is 5.75 Å². The molecule has 0 aliphatic carbocycles. The van der Waals surface area contributed by atoms with Crippen molar-refractivity contribution in [3.63, 3.8) is 0 Å². The maximum absolute atomic E-state index is 12.4. The lowest BCUT2D eigenvalue weighted by Gasteiger charge is -2.16. The minimum atomic E-state index is -1.04. The lowest BCUT2D eigenvalue weighted by Crippen LogP contribution is -2.31. The highest BCUT2D eigenvalue weighted by Crippen LogP contribution is 2.29. The Morgan fingerprint density at radius 1 is 1.11 bits per heavy atom. The average Bonchev–Trinajstić information content (AvgIpc) is 3.10. The summed E-state index contributed by atoms with van der Waals surface area (Å²) in [5, 5.41) is 18.5. The van der Waals surface area contributed by atoms with Gasteiger partial charge in [0.1, 0.15) is 17.1 Å². The van der Waals surface area contributed by atoms with Gasteiger partial charge in [0.05, 0.1) is 6.20 Å². The fourth-order valence-corrected chi connectivity index (χ4v) is 2.75. The van der Waals surface area contributed by atoms with E-state index in [2.05, 4.69) is 10.4 Å². The summed E-state index contributed by atoms with van der Waals surface area (Å²) in [5.41, 5.74) is 0.0144. The smallest absolute Gasteiger partial charge is 0.342 e. The number of fused-ring (bicyclic) bond motifs is 1. The number of ether oxygens (including phenoxy) is 1. The Hall–Kier alpha value is -3.35. The summed E-state index contributed by atoms with van der Waals surface area (Å²) in [6.45, 7) is 5.35. The van der Waals surface area contributed by atoms with E-state index in [9.17, 15) is 14.7 Å². The average molecular weight is 367 g/mol. The first-order valence-corrected chi connectivity index (χ1v) is 8.64. The zero-order valence-corrected chi connectivity index (χ0v) is 15.3. The van der Waals surface area contributed by atoms with Gasteiger partial charge in [-0.1, -0.05) is 30.3 Å². The molecule has 0 saturated heterocycles. The van der Waals surface area contributed by atoms with E-state index in [1.165, 1.54) is 13.0 Å². The van der Waals surface area contributed by atoms with Crippen LogP contribution in [0.15, 0.2) is 48.7 Å². The topological polar surface area (TPSA) is 93.5 Å². The lowest BCUT2D eigenvalue weighted by atomic mass is 10.1. The number of benzene rings is 2. The summed E-state index contributed by atoms with van der Waals surface area (Å²) in [5.74, 6) is -0.889. The predicted molar refractivity (Wildman–Crippen MR) is 102 cm³/mol. The molecular formula is C20H21N3O4. The van der Waals surface area contributed by atoms with E-state index in [0.717, 1.165) is 5.39 Å². The second-order valence-electron chi connectivity index (χ2n) is 6.47. The van der Waals surface area contributed by atoms with Crippen molar-refractivity contribution in [2.75, 3.05) is 5.32 Å². The first-order valence-electron chi connectivity index (χ1n) is 8.64. The van der Waals surface area contributed by atoms with E-state index in [4.69, 9.17) is 4.74 Å². The Kier molecular flexibility index (Phi) is 5.12. The summed E-state index contributed by atoms with van der Waals surface area (Å²) >= 11 is 0. The van der Waals surface area contributed by atoms with E-state index in [0.29, 0.717) is 11.2 Å². The first kappa shape index (κ1) is 18.4. The zero-order chi connectivity index (χ0) is 19.6. The maximum atomic E-state index is 12.4. The Balaban J connectivity index is 1.73. The van der Waals surface area contributed by atoms with Gasteiger partial charge < -0.3 is 15.2 Å². The quantitative estimate of drug-likeness (QED) is 0.673. The number of aromatic hydroxyl groups is 1. The Morgan fingerprint density at radius 2 is 1.85 bits per heavy atom. The van der Waals surface area contributed by atoms with Gasteiger partial charge in [0, 0.05) is 17.5 Å². The van der Waals surface area contributed by atoms with Crippen molar-refractivity contribution in [3.8, 4) is 5.75 Å². The van der Waals surface area contributed by atoms with Crippen LogP contribution in [0.4, 0.5) is 5.82 Å². The van der Waals surface area contributed by atoms with Crippen LogP contribution in [0.2, 0.25) is 0 Å². The van der Waals surface area contributed by atoms with Crippen LogP contribution in [-0.4, -0.2) is 32.9 Å². The number of phenols is 1. The zero-order valence-electron chi connectivity index (χ0n) is 15.3. The number of rotatable bonds is 5. The molecule has 0 saturated carbocycles. The summed E-state index contributed by atoms with van der Waals surface area (Å²) in [7, 11) is 0. The molecule has 1 aromatic heterocycles. The number of carbonyl (C=O) groups is 2. The van der Waals surface area contributed by atoms with Crippen molar-refractivity contribution in [2.45, 2.75) is 32.9 Å². The van der Waals surface area contributed by atoms with Crippen LogP contribution < -0.4 is 5.32 Å². The molecule has 27 heavy (non-hydrogen) atoms. The third kappa shape index (κ3) is 3.76. The van der Waals surface area contributed by atoms with Crippen molar-refractivity contribution in [3.05, 3.63) is 54.2 Å². The van der Waals surface area contributed by atoms with Crippen molar-refractivity contribution in [1.82, 2.24) is 9.78 Å². The Labute approximate surface area is 156 Å². The molecule has 0 aliphatic rings. The minimum absolute atomic E-state index is 0.0144. The van der Waals surface area contributed by atoms with Gasteiger partial charge in [0.2, 0.25) is 0 Å². The molecule has 0 fully saturated rings. The second-order valence-corrected chi connectivity index (χ2v) is 6.47. The van der Waals surface area contributed by atoms with Crippen molar-refractivity contribution < 1.29 is 19.4 Å². The molecule has 140 valence electrons. The first-order chi connectivity index (χ1) is 12.9. The molecule has 0 unspecified atom stereocenters. The SMILES string of the molecule is CC(C)n1nccc1NC(=O)[C@@H](C)OC(=O)c1ccc2ccccc2c1O. The van der Waals surface area contributed by atoms with Gasteiger partial charge in [0.25, 0.3) is 5.91 Å². The molecule has 1 heterocycles. The number of anilines is 1. The van der Waals surface area contributed by atoms with E-state index in [-0.39, 0.29) is 17.4 Å². The van der Waals surface area contributed by atoms with Gasteiger partial charge in [0.15, 0.2) is 6.10 Å². The molecule has 0 aliphatic heterocycles. The fourth-order valence-electron chi connectivity index (χ4n) is 2.75. The van der Waals surface area contributed by atoms with Gasteiger partial charge in [-0.3, -0.25) is 4.79 Å². The Morgan fingerprint density at radius 3 is 2.59 bits per heavy atom. The standard InChI is InChI=1S/C20H21N3O4/c1-12(2)23-17(10-11-21-23)22-19(25)13(3)27-20(26)16-9-8-14-6-4-5-7-15(14)18(16)24/h4-13,24H,1-3H3,(H,22,25)/t13-/m1/s1. The Bertz CT molecular complexity index is 994. The lowest BCUT2D eigenvalue weighted by molar-refractivity contribution is -0.123. The molecule has 2 N–H and O–H groups in total. The van der Waals surface area contributed by atoms with Crippen molar-refractivity contribution in [1.29, 1.82) is 0 Å². The van der Waals surface area contributed by atoms with Crippen LogP contribution in [0.3, 0.4) is 0 Å². The second kappa shape index (κ2) is 7.49. The molecule has 7 nitrogen and oxygen atoms in total. The molecule has 3 rings (SSSR count). The highest BCUT2D eigenvalue weighted by Gasteiger charge is 2.23. The molecule has 7 heteroatoms. The number of amides is 1. The van der Waals surface area contributed by atoms with Gasteiger partial charge in [-0.25, -0.2) is 9.48 Å². The maximum Gasteiger partial charge on any atom is 0.342 e. The van der Waals surface area contributed by atoms with E-state index in [1.54, 1.807) is 35.1 Å². The van der Waals surface area contributed by atoms with Crippen LogP contribution in [-0.2, 0) is 9.53 Å². The van der Waals surface area contributed by atoms with Gasteiger partial charge in [-0.15, -0.1) is 0 Å². The number of nitrogens with one attached hydrogen (secondary N) is 1. The highest BCUT2D eigenvalue weighted by molar-refractivity contribution is 6.02. The van der Waals surface area contributed by atoms with Gasteiger partial charge in [-0.2, -0.15) is 5.10 Å². The normalized spacial score (nSPS) is 12.1. The van der Waals surface area contributed by atoms with Crippen molar-refractivity contribution >= 4 is 28.5 Å². The van der Waals surface area contributed by atoms with Crippen molar-refractivity contribution in [2.24, 2.45) is 0 Å². The third-order valence-electron chi connectivity index (χ3n) is 4.18. The van der Waals surface area contributed by atoms with Gasteiger partial charge in [-0.05, 0) is 32.2 Å². The molecule has 1 amide bonds. The van der Waals surface area contributed by atoms with E-state index >= 15 is 0 Å². The summed E-state index contributed by atoms with van der Waals surface area (Å²) in [6.07, 6.45) is 0.540. The predicted octanol–water partition coefficient (Wildman–Crippen LogP) is 3.51. The van der Waals surface area contributed by atoms with E-state index < -0.39 is 18.0 Å². The molecule has 0 radical (unpaired) electrons. The number of hydrogen-bond acceptors (Lipinski definition) is 5. The number of hydrogen-bond donors (Lipinski definition) is 2. The largest absolute Gasteiger partial charge is 0.506 e. The van der Waals surface area contributed by atoms with Crippen LogP contribution in [0.25, 0.3) is 10.8 Å². The summed E-state index contributed by atoms with van der Waals surface area (Å²) in [6, 6.07) is 12.1. The van der Waals surface area contributed by atoms with Gasteiger partial charge >= 0.3 is 5.97 Å².